The molecule has 2 nitrogen and oxygen atoms in total. The number of hydrogen-bond donors (Lipinski definition) is 1. The van der Waals surface area contributed by atoms with Crippen molar-refractivity contribution < 1.29 is 4.74 Å². The Morgan fingerprint density at radius 3 is 2.21 bits per heavy atom. The van der Waals surface area contributed by atoms with Gasteiger partial charge in [-0.3, -0.25) is 0 Å². The maximum absolute atomic E-state index is 5.77. The van der Waals surface area contributed by atoms with Gasteiger partial charge in [-0.2, -0.15) is 0 Å². The molecule has 0 radical (unpaired) electrons. The molecule has 2 rings (SSSR count). The van der Waals surface area contributed by atoms with Crippen LogP contribution in [-0.4, -0.2) is 6.54 Å². The zero-order valence-electron chi connectivity index (χ0n) is 11.4. The molecule has 0 spiro atoms. The van der Waals surface area contributed by atoms with Crippen molar-refractivity contribution in [2.45, 2.75) is 25.7 Å². The Hall–Kier alpha value is -1.80. The maximum atomic E-state index is 5.77. The van der Waals surface area contributed by atoms with Gasteiger partial charge in [0, 0.05) is 0 Å². The highest BCUT2D eigenvalue weighted by molar-refractivity contribution is 5.33. The summed E-state index contributed by atoms with van der Waals surface area (Å²) in [5.74, 6) is 2.29. The van der Waals surface area contributed by atoms with Crippen molar-refractivity contribution in [1.29, 1.82) is 0 Å². The van der Waals surface area contributed by atoms with Gasteiger partial charge in [0.1, 0.15) is 11.5 Å². The Morgan fingerprint density at radius 1 is 0.947 bits per heavy atom. The number of para-hydroxylation sites is 1. The monoisotopic (exact) mass is 255 g/mol. The lowest BCUT2D eigenvalue weighted by Crippen LogP contribution is -2.01. The molecule has 0 saturated carbocycles. The fourth-order valence-electron chi connectivity index (χ4n) is 2.08. The topological polar surface area (TPSA) is 35.2 Å². The normalized spacial score (nSPS) is 12.1. The second-order valence-electron chi connectivity index (χ2n) is 4.82. The molecule has 0 bridgehead atoms. The van der Waals surface area contributed by atoms with Gasteiger partial charge in [0.15, 0.2) is 0 Å². The third kappa shape index (κ3) is 4.11. The Labute approximate surface area is 115 Å². The second-order valence-corrected chi connectivity index (χ2v) is 4.82. The molecular formula is C17H21NO. The van der Waals surface area contributed by atoms with Crippen molar-refractivity contribution >= 4 is 0 Å². The lowest BCUT2D eigenvalue weighted by atomic mass is 9.96. The first-order valence-electron chi connectivity index (χ1n) is 6.82. The van der Waals surface area contributed by atoms with E-state index in [0.717, 1.165) is 30.9 Å². The van der Waals surface area contributed by atoms with Crippen LogP contribution in [0.5, 0.6) is 11.5 Å². The van der Waals surface area contributed by atoms with Crippen LogP contribution >= 0.6 is 0 Å². The third-order valence-corrected chi connectivity index (χ3v) is 3.27. The third-order valence-electron chi connectivity index (χ3n) is 3.27. The molecule has 2 N–H and O–H groups in total. The summed E-state index contributed by atoms with van der Waals surface area (Å²) in [4.78, 5) is 0. The van der Waals surface area contributed by atoms with Gasteiger partial charge in [-0.05, 0) is 55.1 Å². The minimum Gasteiger partial charge on any atom is -0.457 e. The van der Waals surface area contributed by atoms with Gasteiger partial charge in [0.25, 0.3) is 0 Å². The van der Waals surface area contributed by atoms with Crippen LogP contribution in [-0.2, 0) is 0 Å². The smallest absolute Gasteiger partial charge is 0.127 e. The van der Waals surface area contributed by atoms with Gasteiger partial charge in [-0.25, -0.2) is 0 Å². The van der Waals surface area contributed by atoms with Crippen LogP contribution in [0.2, 0.25) is 0 Å². The molecule has 2 aromatic carbocycles. The molecule has 0 saturated heterocycles. The first-order chi connectivity index (χ1) is 9.29. The first kappa shape index (κ1) is 13.6. The van der Waals surface area contributed by atoms with Crippen LogP contribution < -0.4 is 10.5 Å². The highest BCUT2D eigenvalue weighted by atomic mass is 16.5. The summed E-state index contributed by atoms with van der Waals surface area (Å²) in [6.45, 7) is 3.00. The van der Waals surface area contributed by atoms with Crippen LogP contribution in [0.4, 0.5) is 0 Å². The van der Waals surface area contributed by atoms with Gasteiger partial charge in [-0.1, -0.05) is 37.3 Å². The van der Waals surface area contributed by atoms with E-state index >= 15 is 0 Å². The Kier molecular flexibility index (Phi) is 4.99. The van der Waals surface area contributed by atoms with Crippen molar-refractivity contribution in [3.8, 4) is 11.5 Å². The molecule has 1 atom stereocenters. The largest absolute Gasteiger partial charge is 0.457 e. The van der Waals surface area contributed by atoms with E-state index in [4.69, 9.17) is 10.5 Å². The summed E-state index contributed by atoms with van der Waals surface area (Å²) in [5.41, 5.74) is 6.89. The molecule has 0 fully saturated rings. The first-order valence-corrected chi connectivity index (χ1v) is 6.82. The fraction of sp³-hybridized carbons (Fsp3) is 0.294. The number of benzene rings is 2. The van der Waals surface area contributed by atoms with Gasteiger partial charge in [-0.15, -0.1) is 0 Å². The number of nitrogens with two attached hydrogens (primary N) is 1. The zero-order valence-corrected chi connectivity index (χ0v) is 11.4. The van der Waals surface area contributed by atoms with Crippen LogP contribution in [0.25, 0.3) is 0 Å². The summed E-state index contributed by atoms with van der Waals surface area (Å²) in [6.07, 6.45) is 2.21. The van der Waals surface area contributed by atoms with Crippen LogP contribution in [0, 0.1) is 0 Å². The van der Waals surface area contributed by atoms with E-state index in [-0.39, 0.29) is 0 Å². The van der Waals surface area contributed by atoms with Gasteiger partial charge < -0.3 is 10.5 Å². The molecule has 0 aliphatic rings. The summed E-state index contributed by atoms with van der Waals surface area (Å²) in [5, 5.41) is 0. The van der Waals surface area contributed by atoms with E-state index in [9.17, 15) is 0 Å². The molecule has 2 aromatic rings. The maximum Gasteiger partial charge on any atom is 0.127 e. The minimum atomic E-state index is 0.550. The predicted octanol–water partition coefficient (Wildman–Crippen LogP) is 4.32. The summed E-state index contributed by atoms with van der Waals surface area (Å²) in [6, 6.07) is 18.2. The summed E-state index contributed by atoms with van der Waals surface area (Å²) >= 11 is 0. The molecule has 2 heteroatoms. The zero-order chi connectivity index (χ0) is 13.5. The van der Waals surface area contributed by atoms with E-state index in [1.807, 2.05) is 42.5 Å². The number of rotatable bonds is 6. The van der Waals surface area contributed by atoms with E-state index < -0.39 is 0 Å². The lowest BCUT2D eigenvalue weighted by molar-refractivity contribution is 0.482. The standard InChI is InChI=1S/C17H21NO/c1-14(6-5-13-18)15-9-11-17(12-10-15)19-16-7-3-2-4-8-16/h2-4,7-12,14H,5-6,13,18H2,1H3. The van der Waals surface area contributed by atoms with E-state index in [1.165, 1.54) is 5.56 Å². The highest BCUT2D eigenvalue weighted by Gasteiger charge is 2.05. The molecule has 100 valence electrons. The average molecular weight is 255 g/mol. The molecular weight excluding hydrogens is 234 g/mol. The molecule has 0 heterocycles. The number of ether oxygens (including phenoxy) is 1. The van der Waals surface area contributed by atoms with Crippen molar-refractivity contribution in [1.82, 2.24) is 0 Å². The van der Waals surface area contributed by atoms with E-state index in [1.54, 1.807) is 0 Å². The van der Waals surface area contributed by atoms with E-state index in [0.29, 0.717) is 5.92 Å². The van der Waals surface area contributed by atoms with Crippen LogP contribution in [0.1, 0.15) is 31.2 Å². The van der Waals surface area contributed by atoms with E-state index in [2.05, 4.69) is 19.1 Å². The Morgan fingerprint density at radius 2 is 1.58 bits per heavy atom. The van der Waals surface area contributed by atoms with Gasteiger partial charge >= 0.3 is 0 Å². The van der Waals surface area contributed by atoms with Crippen molar-refractivity contribution in [2.24, 2.45) is 5.73 Å². The predicted molar refractivity (Wildman–Crippen MR) is 79.7 cm³/mol. The molecule has 1 unspecified atom stereocenters. The summed E-state index contributed by atoms with van der Waals surface area (Å²) < 4.78 is 5.77. The summed E-state index contributed by atoms with van der Waals surface area (Å²) in [7, 11) is 0. The van der Waals surface area contributed by atoms with Crippen LogP contribution in [0.3, 0.4) is 0 Å². The SMILES string of the molecule is CC(CCCN)c1ccc(Oc2ccccc2)cc1. The molecule has 0 aliphatic carbocycles. The fourth-order valence-corrected chi connectivity index (χ4v) is 2.08. The molecule has 0 amide bonds. The highest BCUT2D eigenvalue weighted by Crippen LogP contribution is 2.25. The molecule has 0 aliphatic heterocycles. The lowest BCUT2D eigenvalue weighted by Gasteiger charge is -2.12. The minimum absolute atomic E-state index is 0.550. The van der Waals surface area contributed by atoms with Crippen molar-refractivity contribution in [2.75, 3.05) is 6.54 Å². The van der Waals surface area contributed by atoms with Crippen molar-refractivity contribution in [3.63, 3.8) is 0 Å². The molecule has 19 heavy (non-hydrogen) atoms. The number of hydrogen-bond acceptors (Lipinski definition) is 2. The Balaban J connectivity index is 1.98. The van der Waals surface area contributed by atoms with Crippen molar-refractivity contribution in [3.05, 3.63) is 60.2 Å². The molecule has 0 aromatic heterocycles. The second kappa shape index (κ2) is 6.95. The quantitative estimate of drug-likeness (QED) is 0.834. The Bertz CT molecular complexity index is 478. The van der Waals surface area contributed by atoms with Crippen LogP contribution in [0.15, 0.2) is 54.6 Å². The average Bonchev–Trinajstić information content (AvgIpc) is 2.46. The van der Waals surface area contributed by atoms with Gasteiger partial charge in [0.05, 0.1) is 0 Å². The van der Waals surface area contributed by atoms with Gasteiger partial charge in [0.2, 0.25) is 0 Å².